The number of nitrogens with one attached hydrogen (secondary N) is 1. The highest BCUT2D eigenvalue weighted by Gasteiger charge is 2.56. The highest BCUT2D eigenvalue weighted by atomic mass is 31.3. The molecule has 0 saturated carbocycles. The van der Waals surface area contributed by atoms with Crippen molar-refractivity contribution in [1.82, 2.24) is 39.1 Å². The predicted molar refractivity (Wildman–Crippen MR) is 236 cm³/mol. The van der Waals surface area contributed by atoms with Gasteiger partial charge in [0.25, 0.3) is 5.56 Å². The van der Waals surface area contributed by atoms with Crippen molar-refractivity contribution in [2.24, 2.45) is 0 Å². The van der Waals surface area contributed by atoms with Crippen molar-refractivity contribution in [3.8, 4) is 0 Å². The Labute approximate surface area is 361 Å². The molecule has 1 aliphatic heterocycles. The molecular formula is C35H77FN9O13P3. The molecule has 2 aromatic rings. The number of phosphoric ester groups is 1. The van der Waals surface area contributed by atoms with Gasteiger partial charge in [-0.2, -0.15) is 13.6 Å². The van der Waals surface area contributed by atoms with Gasteiger partial charge in [0, 0.05) is 0 Å². The Kier molecular flexibility index (Phi) is 30.6. The molecule has 0 spiro atoms. The van der Waals surface area contributed by atoms with Crippen LogP contribution in [0.3, 0.4) is 0 Å². The Morgan fingerprint density at radius 1 is 0.754 bits per heavy atom. The predicted octanol–water partition coefficient (Wildman–Crippen LogP) is 4.42. The Morgan fingerprint density at radius 2 is 1.13 bits per heavy atom. The van der Waals surface area contributed by atoms with Gasteiger partial charge in [0.15, 0.2) is 23.1 Å². The summed E-state index contributed by atoms with van der Waals surface area (Å²) in [6.07, 6.45) is -4.43. The summed E-state index contributed by atoms with van der Waals surface area (Å²) in [7, 11) is -16.9. The summed E-state index contributed by atoms with van der Waals surface area (Å²) in [5.74, 6) is -0.322. The topological polar surface area (TPSA) is 292 Å². The van der Waals surface area contributed by atoms with Crippen LogP contribution in [0.4, 0.5) is 10.3 Å². The largest absolute Gasteiger partial charge is 0.490 e. The van der Waals surface area contributed by atoms with Gasteiger partial charge in [-0.15, -0.1) is 0 Å². The number of alkyl halides is 1. The minimum absolute atomic E-state index is 0.203. The van der Waals surface area contributed by atoms with Gasteiger partial charge in [-0.25, -0.2) is 23.1 Å². The quantitative estimate of drug-likeness (QED) is 0.0904. The van der Waals surface area contributed by atoms with Gasteiger partial charge in [0.05, 0.1) is 12.9 Å². The molecule has 0 amide bonds. The molecule has 2 unspecified atom stereocenters. The summed E-state index contributed by atoms with van der Waals surface area (Å²) < 4.78 is 66.9. The van der Waals surface area contributed by atoms with Crippen LogP contribution in [0, 0.1) is 0 Å². The molecule has 0 aliphatic carbocycles. The van der Waals surface area contributed by atoms with E-state index < -0.39 is 59.7 Å². The number of aromatic nitrogens is 4. The monoisotopic (exact) mass is 943 g/mol. The van der Waals surface area contributed by atoms with E-state index in [1.807, 2.05) is 0 Å². The summed E-state index contributed by atoms with van der Waals surface area (Å²) in [6.45, 7) is 40.3. The number of phosphoric acid groups is 3. The molecule has 2 aromatic heterocycles. The Morgan fingerprint density at radius 3 is 1.46 bits per heavy atom. The number of fused-ring (bicyclic) bond motifs is 1. The van der Waals surface area contributed by atoms with Crippen LogP contribution >= 0.6 is 23.5 Å². The maximum absolute atomic E-state index is 15.3. The number of ether oxygens (including phenoxy) is 1. The van der Waals surface area contributed by atoms with Gasteiger partial charge in [0.2, 0.25) is 5.95 Å². The highest BCUT2D eigenvalue weighted by Crippen LogP contribution is 2.66. The number of aromatic amines is 1. The number of H-pyrrole nitrogens is 1. The number of nitrogens with two attached hydrogens (primary N) is 1. The average Bonchev–Trinajstić information content (AvgIpc) is 3.70. The van der Waals surface area contributed by atoms with Crippen molar-refractivity contribution in [3.63, 3.8) is 0 Å². The molecule has 1 saturated heterocycles. The lowest BCUT2D eigenvalue weighted by Crippen LogP contribution is -2.40. The van der Waals surface area contributed by atoms with Crippen molar-refractivity contribution in [2.45, 2.75) is 114 Å². The highest BCUT2D eigenvalue weighted by molar-refractivity contribution is 7.66. The van der Waals surface area contributed by atoms with Crippen LogP contribution in [0.2, 0.25) is 0 Å². The molecule has 362 valence electrons. The molecular weight excluding hydrogens is 866 g/mol. The Bertz CT molecular complexity index is 1600. The Hall–Kier alpha value is -1.75. The summed E-state index contributed by atoms with van der Waals surface area (Å²) in [6, 6.07) is 0. The molecule has 61 heavy (non-hydrogen) atoms. The first kappa shape index (κ1) is 61.3. The standard InChI is InChI=1S/C11H17FN5O13P3.4C6H15N/c1-11(12)6(18)4(2-27-32(23,24)30-33(25,26)29-31(20,21)22)28-9(11)17-3-14-5-7(17)15-10(13)16-8(5)19;4*1-4-7(5-2)6-3/h3-4,6,9,18H,2H2,1H3,(H,23,24)(H,25,26)(H2,20,21,22)(H3,13,15,16,19);4*4-6H2,1-3H3/t4-,6-,9-,11-;;;;/m1..../s1. The molecule has 0 radical (unpaired) electrons. The van der Waals surface area contributed by atoms with E-state index in [1.165, 1.54) is 78.5 Å². The minimum atomic E-state index is -5.77. The van der Waals surface area contributed by atoms with Crippen molar-refractivity contribution >= 4 is 40.6 Å². The first-order chi connectivity index (χ1) is 28.3. The number of imidazole rings is 1. The molecule has 3 heterocycles. The summed E-state index contributed by atoms with van der Waals surface area (Å²) in [5, 5.41) is 10.3. The lowest BCUT2D eigenvalue weighted by molar-refractivity contribution is -0.0560. The summed E-state index contributed by atoms with van der Waals surface area (Å²) in [5.41, 5.74) is 1.69. The molecule has 26 heteroatoms. The summed E-state index contributed by atoms with van der Waals surface area (Å²) >= 11 is 0. The molecule has 8 N–H and O–H groups in total. The zero-order valence-corrected chi connectivity index (χ0v) is 41.1. The van der Waals surface area contributed by atoms with E-state index in [9.17, 15) is 28.5 Å². The zero-order chi connectivity index (χ0) is 47.8. The lowest BCUT2D eigenvalue weighted by Gasteiger charge is -2.24. The van der Waals surface area contributed by atoms with E-state index in [1.54, 1.807) is 0 Å². The van der Waals surface area contributed by atoms with Crippen molar-refractivity contribution in [3.05, 3.63) is 16.7 Å². The van der Waals surface area contributed by atoms with Gasteiger partial charge in [-0.3, -0.25) is 18.9 Å². The fourth-order valence-corrected chi connectivity index (χ4v) is 8.65. The fourth-order valence-electron chi connectivity index (χ4n) is 5.62. The number of nitrogens with zero attached hydrogens (tertiary/aromatic N) is 7. The Balaban J connectivity index is 0. The number of halogens is 1. The number of anilines is 1. The lowest BCUT2D eigenvalue weighted by atomic mass is 9.98. The maximum Gasteiger partial charge on any atom is 0.490 e. The van der Waals surface area contributed by atoms with Crippen LogP contribution in [-0.2, 0) is 31.6 Å². The van der Waals surface area contributed by atoms with Crippen molar-refractivity contribution < 1.29 is 60.6 Å². The van der Waals surface area contributed by atoms with E-state index in [2.05, 4.69) is 131 Å². The van der Waals surface area contributed by atoms with Gasteiger partial charge in [-0.05, 0) is 85.5 Å². The average molecular weight is 944 g/mol. The second-order valence-electron chi connectivity index (χ2n) is 13.3. The van der Waals surface area contributed by atoms with E-state index in [0.29, 0.717) is 0 Å². The molecule has 1 fully saturated rings. The van der Waals surface area contributed by atoms with Gasteiger partial charge in [-0.1, -0.05) is 83.1 Å². The third-order valence-electron chi connectivity index (χ3n) is 9.60. The summed E-state index contributed by atoms with van der Waals surface area (Å²) in [4.78, 5) is 66.8. The number of hydrogen-bond acceptors (Lipinski definition) is 16. The van der Waals surface area contributed by atoms with Crippen LogP contribution in [0.1, 0.15) is 96.2 Å². The normalized spacial score (nSPS) is 20.8. The second kappa shape index (κ2) is 30.4. The zero-order valence-electron chi connectivity index (χ0n) is 38.4. The van der Waals surface area contributed by atoms with E-state index in [4.69, 9.17) is 25.2 Å². The number of aliphatic hydroxyl groups is 1. The third-order valence-corrected chi connectivity index (χ3v) is 13.4. The van der Waals surface area contributed by atoms with Gasteiger partial charge >= 0.3 is 23.5 Å². The number of hydrogen-bond donors (Lipinski definition) is 7. The SMILES string of the molecule is CCN(CC)CC.CCN(CC)CC.CCN(CC)CC.CCN(CC)CC.C[C@@]1(F)[C@H](O)[C@@H](COP(=O)(O)OP(=O)(O)OP(=O)(O)O)O[C@H]1n1cnc2c(=O)[nH]c(N)nc21. The number of aliphatic hydroxyl groups excluding tert-OH is 1. The minimum Gasteiger partial charge on any atom is -0.387 e. The second-order valence-corrected chi connectivity index (χ2v) is 17.7. The first-order valence-electron chi connectivity index (χ1n) is 20.7. The molecule has 0 aromatic carbocycles. The smallest absolute Gasteiger partial charge is 0.387 e. The fraction of sp³-hybridized carbons (Fsp3) is 0.857. The van der Waals surface area contributed by atoms with Gasteiger partial charge < -0.3 is 54.8 Å². The number of nitrogen functional groups attached to an aromatic ring is 1. The van der Waals surface area contributed by atoms with Crippen LogP contribution in [0.5, 0.6) is 0 Å². The van der Waals surface area contributed by atoms with E-state index in [-0.39, 0.29) is 17.1 Å². The van der Waals surface area contributed by atoms with Crippen LogP contribution in [-0.4, -0.2) is 167 Å². The van der Waals surface area contributed by atoms with Gasteiger partial charge in [0.1, 0.15) is 12.2 Å². The van der Waals surface area contributed by atoms with E-state index >= 15 is 4.39 Å². The van der Waals surface area contributed by atoms with Crippen LogP contribution in [0.15, 0.2) is 11.1 Å². The number of rotatable bonds is 20. The van der Waals surface area contributed by atoms with Crippen molar-refractivity contribution in [2.75, 3.05) is 90.9 Å². The molecule has 0 bridgehead atoms. The van der Waals surface area contributed by atoms with E-state index in [0.717, 1.165) is 17.8 Å². The molecule has 3 rings (SSSR count). The van der Waals surface area contributed by atoms with Crippen LogP contribution in [0.25, 0.3) is 11.2 Å². The molecule has 1 aliphatic rings. The maximum atomic E-state index is 15.3. The van der Waals surface area contributed by atoms with Crippen LogP contribution < -0.4 is 11.3 Å². The molecule has 6 atom stereocenters. The third kappa shape index (κ3) is 23.1. The van der Waals surface area contributed by atoms with Crippen molar-refractivity contribution in [1.29, 1.82) is 0 Å². The first-order valence-corrected chi connectivity index (χ1v) is 25.2. The molecule has 22 nitrogen and oxygen atoms in total.